The van der Waals surface area contributed by atoms with Gasteiger partial charge in [-0.05, 0) is 43.5 Å². The van der Waals surface area contributed by atoms with Gasteiger partial charge in [0, 0.05) is 11.3 Å². The van der Waals surface area contributed by atoms with Crippen LogP contribution in [0.3, 0.4) is 0 Å². The zero-order valence-corrected chi connectivity index (χ0v) is 19.1. The van der Waals surface area contributed by atoms with Gasteiger partial charge in [-0.2, -0.15) is 0 Å². The van der Waals surface area contributed by atoms with E-state index in [2.05, 4.69) is 10.6 Å². The second kappa shape index (κ2) is 11.4. The summed E-state index contributed by atoms with van der Waals surface area (Å²) < 4.78 is 30.2. The van der Waals surface area contributed by atoms with Crippen molar-refractivity contribution in [1.29, 1.82) is 0 Å². The molecule has 1 heterocycles. The number of carbonyl (C=O) groups is 2. The third kappa shape index (κ3) is 5.83. The van der Waals surface area contributed by atoms with Crippen molar-refractivity contribution in [2.45, 2.75) is 45.8 Å². The molecule has 0 aromatic heterocycles. The minimum Gasteiger partial charge on any atom is -0.493 e. The molecule has 0 saturated carbocycles. The Balaban J connectivity index is 2.04. The number of rotatable bonds is 10. The molecule has 2 aromatic carbocycles. The molecule has 7 nitrogen and oxygen atoms in total. The lowest BCUT2D eigenvalue weighted by Gasteiger charge is -2.30. The van der Waals surface area contributed by atoms with Gasteiger partial charge in [-0.15, -0.1) is 0 Å². The first-order valence-corrected chi connectivity index (χ1v) is 11.0. The van der Waals surface area contributed by atoms with Crippen LogP contribution in [-0.2, 0) is 16.1 Å². The minimum absolute atomic E-state index is 0.147. The van der Waals surface area contributed by atoms with Crippen molar-refractivity contribution in [1.82, 2.24) is 10.6 Å². The van der Waals surface area contributed by atoms with E-state index < -0.39 is 18.0 Å². The molecule has 0 fully saturated rings. The number of unbranched alkanes of at least 4 members (excludes halogenated alkanes) is 1. The third-order valence-corrected chi connectivity index (χ3v) is 5.27. The third-order valence-electron chi connectivity index (χ3n) is 5.27. The maximum atomic E-state index is 13.3. The Bertz CT molecular complexity index is 1020. The van der Waals surface area contributed by atoms with E-state index in [0.717, 1.165) is 18.4 Å². The highest BCUT2D eigenvalue weighted by Crippen LogP contribution is 2.40. The molecule has 0 aliphatic carbocycles. The van der Waals surface area contributed by atoms with Gasteiger partial charge in [0.15, 0.2) is 11.5 Å². The van der Waals surface area contributed by atoms with Gasteiger partial charge >= 0.3 is 12.0 Å². The fourth-order valence-electron chi connectivity index (χ4n) is 3.66. The highest BCUT2D eigenvalue weighted by atomic mass is 19.1. The Hall–Kier alpha value is -3.55. The first-order chi connectivity index (χ1) is 16.0. The van der Waals surface area contributed by atoms with Crippen LogP contribution in [0.2, 0.25) is 0 Å². The second-order valence-corrected chi connectivity index (χ2v) is 7.54. The molecule has 176 valence electrons. The second-order valence-electron chi connectivity index (χ2n) is 7.54. The van der Waals surface area contributed by atoms with Gasteiger partial charge in [0.25, 0.3) is 0 Å². The summed E-state index contributed by atoms with van der Waals surface area (Å²) in [5.41, 5.74) is 2.19. The highest BCUT2D eigenvalue weighted by Gasteiger charge is 2.35. The number of nitrogens with one attached hydrogen (secondary N) is 2. The van der Waals surface area contributed by atoms with E-state index in [1.165, 1.54) is 19.2 Å². The van der Waals surface area contributed by atoms with Crippen molar-refractivity contribution in [2.24, 2.45) is 0 Å². The molecule has 1 aliphatic heterocycles. The molecule has 1 atom stereocenters. The standard InChI is InChI=1S/C25H29FN2O5/c1-4-6-9-19-21(24(29)32-5-2)22(28-25(30)27-19)18-8-7-10-20(31-3)23(18)33-15-16-11-13-17(26)14-12-16/h7-8,10-14,22H,4-6,9,15H2,1-3H3,(H2,27,28,30). The lowest BCUT2D eigenvalue weighted by Crippen LogP contribution is -2.46. The van der Waals surface area contributed by atoms with Crippen LogP contribution in [0, 0.1) is 5.82 Å². The van der Waals surface area contributed by atoms with Crippen LogP contribution in [-0.4, -0.2) is 25.7 Å². The summed E-state index contributed by atoms with van der Waals surface area (Å²) in [4.78, 5) is 25.5. The van der Waals surface area contributed by atoms with Gasteiger partial charge < -0.3 is 24.8 Å². The van der Waals surface area contributed by atoms with E-state index in [4.69, 9.17) is 14.2 Å². The fraction of sp³-hybridized carbons (Fsp3) is 0.360. The molecule has 8 heteroatoms. The van der Waals surface area contributed by atoms with Crippen molar-refractivity contribution in [2.75, 3.05) is 13.7 Å². The smallest absolute Gasteiger partial charge is 0.338 e. The summed E-state index contributed by atoms with van der Waals surface area (Å²) in [7, 11) is 1.51. The highest BCUT2D eigenvalue weighted by molar-refractivity contribution is 5.95. The summed E-state index contributed by atoms with van der Waals surface area (Å²) in [6.07, 6.45) is 2.24. The molecule has 0 radical (unpaired) electrons. The molecular formula is C25H29FN2O5. The number of hydrogen-bond donors (Lipinski definition) is 2. The van der Waals surface area contributed by atoms with Gasteiger partial charge in [0.05, 0.1) is 25.3 Å². The Labute approximate surface area is 192 Å². The summed E-state index contributed by atoms with van der Waals surface area (Å²) in [6.45, 7) is 4.12. The number of esters is 1. The van der Waals surface area contributed by atoms with Crippen LogP contribution in [0.25, 0.3) is 0 Å². The number of methoxy groups -OCH3 is 1. The molecule has 2 N–H and O–H groups in total. The Morgan fingerprint density at radius 1 is 1.12 bits per heavy atom. The molecule has 1 unspecified atom stereocenters. The van der Waals surface area contributed by atoms with Crippen molar-refractivity contribution in [3.05, 3.63) is 70.7 Å². The topological polar surface area (TPSA) is 85.9 Å². The SMILES string of the molecule is CCCCC1=C(C(=O)OCC)C(c2cccc(OC)c2OCc2ccc(F)cc2)NC(=O)N1. The van der Waals surface area contributed by atoms with Crippen LogP contribution in [0.4, 0.5) is 9.18 Å². The average Bonchev–Trinajstić information content (AvgIpc) is 2.81. The Morgan fingerprint density at radius 2 is 1.88 bits per heavy atom. The maximum absolute atomic E-state index is 13.3. The first kappa shape index (κ1) is 24.1. The Morgan fingerprint density at radius 3 is 2.55 bits per heavy atom. The Kier molecular flexibility index (Phi) is 8.29. The number of allylic oxidation sites excluding steroid dienone is 1. The van der Waals surface area contributed by atoms with Crippen molar-refractivity contribution >= 4 is 12.0 Å². The molecular weight excluding hydrogens is 427 g/mol. The van der Waals surface area contributed by atoms with Gasteiger partial charge in [0.2, 0.25) is 0 Å². The molecule has 2 aromatic rings. The number of amides is 2. The summed E-state index contributed by atoms with van der Waals surface area (Å²) >= 11 is 0. The predicted octanol–water partition coefficient (Wildman–Crippen LogP) is 4.77. The molecule has 2 amide bonds. The lowest BCUT2D eigenvalue weighted by molar-refractivity contribution is -0.139. The van der Waals surface area contributed by atoms with Crippen LogP contribution >= 0.6 is 0 Å². The monoisotopic (exact) mass is 456 g/mol. The van der Waals surface area contributed by atoms with Crippen molar-refractivity contribution < 1.29 is 28.2 Å². The number of halogens is 1. The van der Waals surface area contributed by atoms with Crippen molar-refractivity contribution in [3.63, 3.8) is 0 Å². The quantitative estimate of drug-likeness (QED) is 0.503. The molecule has 0 bridgehead atoms. The number of para-hydroxylation sites is 1. The van der Waals surface area contributed by atoms with E-state index in [-0.39, 0.29) is 19.0 Å². The summed E-state index contributed by atoms with van der Waals surface area (Å²) in [6, 6.07) is 10.0. The molecule has 0 spiro atoms. The summed E-state index contributed by atoms with van der Waals surface area (Å²) in [5.74, 6) is -0.0137. The number of hydrogen-bond acceptors (Lipinski definition) is 5. The van der Waals surface area contributed by atoms with Crippen molar-refractivity contribution in [3.8, 4) is 11.5 Å². The van der Waals surface area contributed by atoms with Gasteiger partial charge in [-0.25, -0.2) is 14.0 Å². The van der Waals surface area contributed by atoms with Crippen LogP contribution in [0.1, 0.15) is 50.3 Å². The minimum atomic E-state index is -0.789. The number of carbonyl (C=O) groups excluding carboxylic acids is 2. The van der Waals surface area contributed by atoms with E-state index in [1.807, 2.05) is 6.92 Å². The van der Waals surface area contributed by atoms with Gasteiger partial charge in [-0.1, -0.05) is 37.6 Å². The van der Waals surface area contributed by atoms with E-state index in [1.54, 1.807) is 37.3 Å². The van der Waals surface area contributed by atoms with Crippen LogP contribution < -0.4 is 20.1 Å². The largest absolute Gasteiger partial charge is 0.493 e. The molecule has 3 rings (SSSR count). The zero-order valence-electron chi connectivity index (χ0n) is 19.1. The van der Waals surface area contributed by atoms with E-state index >= 15 is 0 Å². The molecule has 1 aliphatic rings. The van der Waals surface area contributed by atoms with Gasteiger partial charge in [0.1, 0.15) is 12.4 Å². The normalized spacial score (nSPS) is 15.5. The summed E-state index contributed by atoms with van der Waals surface area (Å²) in [5, 5.41) is 5.60. The average molecular weight is 457 g/mol. The zero-order chi connectivity index (χ0) is 23.8. The van der Waals surface area contributed by atoms with E-state index in [0.29, 0.717) is 34.8 Å². The number of benzene rings is 2. The first-order valence-electron chi connectivity index (χ1n) is 11.0. The molecule has 33 heavy (non-hydrogen) atoms. The lowest BCUT2D eigenvalue weighted by atomic mass is 9.92. The molecule has 0 saturated heterocycles. The fourth-order valence-corrected chi connectivity index (χ4v) is 3.66. The number of ether oxygens (including phenoxy) is 3. The van der Waals surface area contributed by atoms with Crippen LogP contribution in [0.5, 0.6) is 11.5 Å². The van der Waals surface area contributed by atoms with E-state index in [9.17, 15) is 14.0 Å². The number of urea groups is 1. The van der Waals surface area contributed by atoms with Crippen LogP contribution in [0.15, 0.2) is 53.7 Å². The maximum Gasteiger partial charge on any atom is 0.338 e. The van der Waals surface area contributed by atoms with Gasteiger partial charge in [-0.3, -0.25) is 0 Å². The predicted molar refractivity (Wildman–Crippen MR) is 121 cm³/mol.